The Bertz CT molecular complexity index is 1440. The number of hydrogen-bond acceptors (Lipinski definition) is 6. The highest BCUT2D eigenvalue weighted by Crippen LogP contribution is 2.49. The summed E-state index contributed by atoms with van der Waals surface area (Å²) < 4.78 is 16.4. The third-order valence-corrected chi connectivity index (χ3v) is 7.18. The monoisotopic (exact) mass is 524 g/mol. The molecule has 1 aliphatic carbocycles. The SMILES string of the molecule is CCOC(=O)C1(Cc2ccc(-c3ccc(-c4onc(C)c4NC(=O)OC(C)c4ccccc4)cc3)cc2)CC1. The summed E-state index contributed by atoms with van der Waals surface area (Å²) in [5.41, 5.74) is 5.62. The minimum absolute atomic E-state index is 0.0832. The number of aromatic nitrogens is 1. The molecule has 1 unspecified atom stereocenters. The van der Waals surface area contributed by atoms with Crippen LogP contribution in [0.2, 0.25) is 0 Å². The second-order valence-electron chi connectivity index (χ2n) is 10.0. The number of carbonyl (C=O) groups excluding carboxylic acids is 2. The van der Waals surface area contributed by atoms with E-state index in [1.165, 1.54) is 0 Å². The molecular weight excluding hydrogens is 492 g/mol. The van der Waals surface area contributed by atoms with Crippen molar-refractivity contribution in [3.63, 3.8) is 0 Å². The second-order valence-corrected chi connectivity index (χ2v) is 10.0. The molecule has 4 aromatic rings. The van der Waals surface area contributed by atoms with E-state index in [1.54, 1.807) is 6.92 Å². The Hall–Kier alpha value is -4.39. The Morgan fingerprint density at radius 1 is 0.949 bits per heavy atom. The number of ether oxygens (including phenoxy) is 2. The van der Waals surface area contributed by atoms with Crippen LogP contribution in [0.4, 0.5) is 10.5 Å². The first-order valence-corrected chi connectivity index (χ1v) is 13.2. The normalized spacial score (nSPS) is 14.3. The fraction of sp³-hybridized carbons (Fsp3) is 0.281. The summed E-state index contributed by atoms with van der Waals surface area (Å²) in [5, 5.41) is 6.85. The van der Waals surface area contributed by atoms with Crippen molar-refractivity contribution in [3.8, 4) is 22.5 Å². The lowest BCUT2D eigenvalue weighted by Crippen LogP contribution is -2.21. The molecule has 7 nitrogen and oxygen atoms in total. The van der Waals surface area contributed by atoms with Gasteiger partial charge in [0.15, 0.2) is 5.76 Å². The summed E-state index contributed by atoms with van der Waals surface area (Å²) in [7, 11) is 0. The molecule has 1 fully saturated rings. The minimum atomic E-state index is -0.577. The molecule has 5 rings (SSSR count). The molecule has 1 aromatic heterocycles. The van der Waals surface area contributed by atoms with Gasteiger partial charge in [0.05, 0.1) is 12.0 Å². The van der Waals surface area contributed by atoms with Gasteiger partial charge in [0.25, 0.3) is 0 Å². The number of esters is 1. The Morgan fingerprint density at radius 2 is 1.56 bits per heavy atom. The highest BCUT2D eigenvalue weighted by molar-refractivity contribution is 5.91. The largest absolute Gasteiger partial charge is 0.466 e. The van der Waals surface area contributed by atoms with Crippen molar-refractivity contribution in [1.29, 1.82) is 0 Å². The van der Waals surface area contributed by atoms with Crippen LogP contribution in [0.15, 0.2) is 83.4 Å². The van der Waals surface area contributed by atoms with Crippen LogP contribution in [-0.2, 0) is 20.7 Å². The maximum absolute atomic E-state index is 12.6. The van der Waals surface area contributed by atoms with Crippen molar-refractivity contribution < 1.29 is 23.6 Å². The van der Waals surface area contributed by atoms with Gasteiger partial charge < -0.3 is 14.0 Å². The number of aryl methyl sites for hydroxylation is 1. The maximum Gasteiger partial charge on any atom is 0.412 e. The number of rotatable bonds is 9. The fourth-order valence-electron chi connectivity index (χ4n) is 4.71. The van der Waals surface area contributed by atoms with Crippen LogP contribution < -0.4 is 5.32 Å². The van der Waals surface area contributed by atoms with Gasteiger partial charge in [-0.3, -0.25) is 10.1 Å². The van der Waals surface area contributed by atoms with Gasteiger partial charge in [-0.25, -0.2) is 4.79 Å². The van der Waals surface area contributed by atoms with Crippen LogP contribution in [0.3, 0.4) is 0 Å². The van der Waals surface area contributed by atoms with Crippen LogP contribution in [0, 0.1) is 12.3 Å². The number of nitrogens with zero attached hydrogens (tertiary/aromatic N) is 1. The van der Waals surface area contributed by atoms with Gasteiger partial charge in [0.1, 0.15) is 17.5 Å². The molecule has 39 heavy (non-hydrogen) atoms. The van der Waals surface area contributed by atoms with Crippen LogP contribution in [0.1, 0.15) is 49.6 Å². The second kappa shape index (κ2) is 11.2. The molecule has 1 amide bonds. The van der Waals surface area contributed by atoms with Gasteiger partial charge in [-0.15, -0.1) is 0 Å². The van der Waals surface area contributed by atoms with Crippen LogP contribution in [0.5, 0.6) is 0 Å². The molecule has 0 radical (unpaired) electrons. The van der Waals surface area contributed by atoms with Crippen molar-refractivity contribution in [2.75, 3.05) is 11.9 Å². The highest BCUT2D eigenvalue weighted by atomic mass is 16.6. The van der Waals surface area contributed by atoms with Crippen LogP contribution >= 0.6 is 0 Å². The third kappa shape index (κ3) is 5.87. The highest BCUT2D eigenvalue weighted by Gasteiger charge is 2.50. The van der Waals surface area contributed by atoms with Gasteiger partial charge in [-0.1, -0.05) is 84.0 Å². The van der Waals surface area contributed by atoms with Crippen molar-refractivity contribution in [2.24, 2.45) is 5.41 Å². The van der Waals surface area contributed by atoms with Gasteiger partial charge >= 0.3 is 12.1 Å². The average Bonchev–Trinajstić information content (AvgIpc) is 3.66. The van der Waals surface area contributed by atoms with E-state index >= 15 is 0 Å². The van der Waals surface area contributed by atoms with Crippen LogP contribution in [-0.4, -0.2) is 23.8 Å². The molecule has 0 aliphatic heterocycles. The third-order valence-electron chi connectivity index (χ3n) is 7.18. The lowest BCUT2D eigenvalue weighted by molar-refractivity contribution is -0.149. The number of benzene rings is 3. The van der Waals surface area contributed by atoms with E-state index in [0.29, 0.717) is 30.2 Å². The minimum Gasteiger partial charge on any atom is -0.466 e. The van der Waals surface area contributed by atoms with E-state index in [4.69, 9.17) is 14.0 Å². The Balaban J connectivity index is 1.25. The lowest BCUT2D eigenvalue weighted by atomic mass is 9.94. The summed E-state index contributed by atoms with van der Waals surface area (Å²) in [5.74, 6) is 0.382. The Kier molecular flexibility index (Phi) is 7.50. The summed E-state index contributed by atoms with van der Waals surface area (Å²) >= 11 is 0. The molecule has 1 heterocycles. The zero-order chi connectivity index (χ0) is 27.4. The first-order chi connectivity index (χ1) is 18.9. The van der Waals surface area contributed by atoms with E-state index in [1.807, 2.05) is 68.4 Å². The molecule has 1 N–H and O–H groups in total. The topological polar surface area (TPSA) is 90.7 Å². The molecule has 0 bridgehead atoms. The number of hydrogen-bond donors (Lipinski definition) is 1. The molecule has 1 saturated carbocycles. The standard InChI is InChI=1S/C32H32N2O5/c1-4-37-30(35)32(18-19-32)20-23-10-12-25(13-11-23)26-14-16-27(17-15-26)29-28(21(2)34-39-29)33-31(36)38-22(3)24-8-6-5-7-9-24/h5-17,22H,4,18-20H2,1-3H3,(H,33,36). The summed E-state index contributed by atoms with van der Waals surface area (Å²) in [6.07, 6.45) is 1.50. The van der Waals surface area contributed by atoms with E-state index in [-0.39, 0.29) is 11.4 Å². The number of nitrogens with one attached hydrogen (secondary N) is 1. The van der Waals surface area contributed by atoms with Crippen molar-refractivity contribution in [2.45, 2.75) is 46.1 Å². The van der Waals surface area contributed by atoms with Crippen molar-refractivity contribution >= 4 is 17.7 Å². The van der Waals surface area contributed by atoms with E-state index in [9.17, 15) is 9.59 Å². The predicted molar refractivity (Wildman–Crippen MR) is 149 cm³/mol. The zero-order valence-electron chi connectivity index (χ0n) is 22.4. The molecular formula is C32H32N2O5. The summed E-state index contributed by atoms with van der Waals surface area (Å²) in [4.78, 5) is 24.9. The quantitative estimate of drug-likeness (QED) is 0.228. The first kappa shape index (κ1) is 26.2. The van der Waals surface area contributed by atoms with E-state index in [2.05, 4.69) is 34.7 Å². The van der Waals surface area contributed by atoms with Crippen LogP contribution in [0.25, 0.3) is 22.5 Å². The fourth-order valence-corrected chi connectivity index (χ4v) is 4.71. The molecule has 1 aliphatic rings. The number of carbonyl (C=O) groups is 2. The molecule has 3 aromatic carbocycles. The zero-order valence-corrected chi connectivity index (χ0v) is 22.4. The summed E-state index contributed by atoms with van der Waals surface area (Å²) in [6.45, 7) is 5.85. The van der Waals surface area contributed by atoms with Gasteiger partial charge in [-0.05, 0) is 62.3 Å². The first-order valence-electron chi connectivity index (χ1n) is 13.2. The predicted octanol–water partition coefficient (Wildman–Crippen LogP) is 7.51. The smallest absolute Gasteiger partial charge is 0.412 e. The van der Waals surface area contributed by atoms with E-state index in [0.717, 1.165) is 40.7 Å². The number of anilines is 1. The van der Waals surface area contributed by atoms with Gasteiger partial charge in [0, 0.05) is 5.56 Å². The molecule has 7 heteroatoms. The summed E-state index contributed by atoms with van der Waals surface area (Å²) in [6, 6.07) is 25.7. The van der Waals surface area contributed by atoms with Crippen molar-refractivity contribution in [3.05, 3.63) is 95.7 Å². The van der Waals surface area contributed by atoms with Gasteiger partial charge in [0.2, 0.25) is 0 Å². The Morgan fingerprint density at radius 3 is 2.18 bits per heavy atom. The molecule has 200 valence electrons. The van der Waals surface area contributed by atoms with E-state index < -0.39 is 12.2 Å². The molecule has 0 saturated heterocycles. The van der Waals surface area contributed by atoms with Gasteiger partial charge in [-0.2, -0.15) is 0 Å². The maximum atomic E-state index is 12.6. The van der Waals surface area contributed by atoms with Crippen molar-refractivity contribution in [1.82, 2.24) is 5.16 Å². The average molecular weight is 525 g/mol. The molecule has 1 atom stereocenters. The number of amides is 1. The Labute approximate surface area is 228 Å². The lowest BCUT2D eigenvalue weighted by Gasteiger charge is -2.14. The molecule has 0 spiro atoms.